The number of aryl methyl sites for hydroxylation is 1. The first-order valence-corrected chi connectivity index (χ1v) is 4.93. The van der Waals surface area contributed by atoms with Crippen molar-refractivity contribution in [1.29, 1.82) is 0 Å². The van der Waals surface area contributed by atoms with Crippen molar-refractivity contribution in [1.82, 2.24) is 0 Å². The van der Waals surface area contributed by atoms with Gasteiger partial charge in [0.15, 0.2) is 0 Å². The lowest BCUT2D eigenvalue weighted by Crippen LogP contribution is -2.17. The SMILES string of the molecule is Cc1cc([C@H](N)C(F)F)sc1Br.Cl. The average Bonchev–Trinajstić information content (AvgIpc) is 2.30. The fourth-order valence-corrected chi connectivity index (χ4v) is 2.35. The second-order valence-electron chi connectivity index (χ2n) is 2.47. The number of rotatable bonds is 2. The van der Waals surface area contributed by atoms with E-state index in [1.807, 2.05) is 6.92 Å². The van der Waals surface area contributed by atoms with E-state index in [1.165, 1.54) is 11.3 Å². The lowest BCUT2D eigenvalue weighted by molar-refractivity contribution is 0.118. The molecule has 13 heavy (non-hydrogen) atoms. The van der Waals surface area contributed by atoms with E-state index in [1.54, 1.807) is 6.07 Å². The molecular formula is C7H9BrClF2NS. The van der Waals surface area contributed by atoms with Crippen LogP contribution in [0.5, 0.6) is 0 Å². The summed E-state index contributed by atoms with van der Waals surface area (Å²) in [4.78, 5) is 0.523. The number of hydrogen-bond acceptors (Lipinski definition) is 2. The zero-order chi connectivity index (χ0) is 9.30. The topological polar surface area (TPSA) is 26.0 Å². The molecule has 0 fully saturated rings. The number of halogens is 4. The highest BCUT2D eigenvalue weighted by atomic mass is 79.9. The van der Waals surface area contributed by atoms with Crippen LogP contribution < -0.4 is 5.73 Å². The molecule has 0 aliphatic carbocycles. The minimum absolute atomic E-state index is 0. The highest BCUT2D eigenvalue weighted by molar-refractivity contribution is 9.11. The lowest BCUT2D eigenvalue weighted by Gasteiger charge is -2.06. The summed E-state index contributed by atoms with van der Waals surface area (Å²) in [6.45, 7) is 1.85. The van der Waals surface area contributed by atoms with E-state index in [4.69, 9.17) is 5.73 Å². The first-order chi connectivity index (χ1) is 5.52. The van der Waals surface area contributed by atoms with Crippen LogP contribution in [0.15, 0.2) is 9.85 Å². The van der Waals surface area contributed by atoms with Gasteiger partial charge in [-0.05, 0) is 34.5 Å². The molecule has 0 saturated carbocycles. The molecule has 0 aliphatic heterocycles. The fourth-order valence-electron chi connectivity index (χ4n) is 0.772. The lowest BCUT2D eigenvalue weighted by atomic mass is 10.2. The predicted molar refractivity (Wildman–Crippen MR) is 56.9 cm³/mol. The molecule has 1 aromatic rings. The van der Waals surface area contributed by atoms with E-state index >= 15 is 0 Å². The molecule has 1 atom stereocenters. The van der Waals surface area contributed by atoms with E-state index < -0.39 is 12.5 Å². The molecular weight excluding hydrogens is 284 g/mol. The van der Waals surface area contributed by atoms with Crippen LogP contribution in [0.4, 0.5) is 8.78 Å². The van der Waals surface area contributed by atoms with E-state index in [0.717, 1.165) is 9.35 Å². The van der Waals surface area contributed by atoms with E-state index in [-0.39, 0.29) is 12.4 Å². The van der Waals surface area contributed by atoms with Crippen LogP contribution in [0.1, 0.15) is 16.5 Å². The molecule has 1 rings (SSSR count). The zero-order valence-corrected chi connectivity index (χ0v) is 9.98. The molecule has 0 aromatic carbocycles. The summed E-state index contributed by atoms with van der Waals surface area (Å²) in [6.07, 6.45) is -2.49. The molecule has 0 radical (unpaired) electrons. The van der Waals surface area contributed by atoms with Crippen molar-refractivity contribution in [2.24, 2.45) is 5.73 Å². The first kappa shape index (κ1) is 13.3. The van der Waals surface area contributed by atoms with Crippen LogP contribution in [0, 0.1) is 6.92 Å². The summed E-state index contributed by atoms with van der Waals surface area (Å²) in [5, 5.41) is 0. The summed E-state index contributed by atoms with van der Waals surface area (Å²) in [6, 6.07) is 0.533. The second kappa shape index (κ2) is 5.24. The Morgan fingerprint density at radius 1 is 1.54 bits per heavy atom. The Hall–Kier alpha value is 0.290. The maximum atomic E-state index is 12.1. The summed E-state index contributed by atoms with van der Waals surface area (Å²) >= 11 is 4.51. The van der Waals surface area contributed by atoms with Crippen molar-refractivity contribution in [3.63, 3.8) is 0 Å². The molecule has 0 unspecified atom stereocenters. The van der Waals surface area contributed by atoms with Gasteiger partial charge in [0, 0.05) is 4.88 Å². The third-order valence-electron chi connectivity index (χ3n) is 1.48. The van der Waals surface area contributed by atoms with E-state index in [9.17, 15) is 8.78 Å². The van der Waals surface area contributed by atoms with Gasteiger partial charge >= 0.3 is 0 Å². The Labute approximate surface area is 93.9 Å². The van der Waals surface area contributed by atoms with Crippen LogP contribution in [0.25, 0.3) is 0 Å². The normalized spacial score (nSPS) is 12.8. The molecule has 0 spiro atoms. The van der Waals surface area contributed by atoms with Gasteiger partial charge in [0.25, 0.3) is 6.43 Å². The van der Waals surface area contributed by atoms with Crippen LogP contribution in [0.3, 0.4) is 0 Å². The van der Waals surface area contributed by atoms with Crippen molar-refractivity contribution in [2.45, 2.75) is 19.4 Å². The van der Waals surface area contributed by atoms with E-state index in [0.29, 0.717) is 4.88 Å². The molecule has 76 valence electrons. The van der Waals surface area contributed by atoms with Crippen LogP contribution in [0.2, 0.25) is 0 Å². The van der Waals surface area contributed by atoms with Gasteiger partial charge in [-0.2, -0.15) is 0 Å². The summed E-state index contributed by atoms with van der Waals surface area (Å²) in [5.41, 5.74) is 6.21. The number of alkyl halides is 2. The Balaban J connectivity index is 0.00000144. The number of thiophene rings is 1. The van der Waals surface area contributed by atoms with Gasteiger partial charge in [-0.15, -0.1) is 23.7 Å². The molecule has 0 amide bonds. The van der Waals surface area contributed by atoms with Gasteiger partial charge in [-0.25, -0.2) is 8.78 Å². The average molecular weight is 293 g/mol. The molecule has 2 N–H and O–H groups in total. The largest absolute Gasteiger partial charge is 0.319 e. The maximum absolute atomic E-state index is 12.1. The molecule has 1 heterocycles. The second-order valence-corrected chi connectivity index (χ2v) is 4.87. The molecule has 1 nitrogen and oxygen atoms in total. The molecule has 6 heteroatoms. The molecule has 0 bridgehead atoms. The van der Waals surface area contributed by atoms with Crippen LogP contribution in [-0.2, 0) is 0 Å². The summed E-state index contributed by atoms with van der Waals surface area (Å²) in [7, 11) is 0. The quantitative estimate of drug-likeness (QED) is 0.887. The Morgan fingerprint density at radius 2 is 2.08 bits per heavy atom. The van der Waals surface area contributed by atoms with Gasteiger partial charge in [-0.3, -0.25) is 0 Å². The minimum Gasteiger partial charge on any atom is -0.319 e. The Morgan fingerprint density at radius 3 is 2.38 bits per heavy atom. The Kier molecular flexibility index (Phi) is 5.36. The Bertz CT molecular complexity index is 260. The monoisotopic (exact) mass is 291 g/mol. The van der Waals surface area contributed by atoms with E-state index in [2.05, 4.69) is 15.9 Å². The molecule has 1 aromatic heterocycles. The summed E-state index contributed by atoms with van der Waals surface area (Å²) < 4.78 is 25.1. The van der Waals surface area contributed by atoms with Gasteiger partial charge in [-0.1, -0.05) is 0 Å². The van der Waals surface area contributed by atoms with Crippen molar-refractivity contribution in [2.75, 3.05) is 0 Å². The molecule has 0 aliphatic rings. The van der Waals surface area contributed by atoms with Crippen LogP contribution in [-0.4, -0.2) is 6.43 Å². The van der Waals surface area contributed by atoms with Crippen molar-refractivity contribution in [3.05, 3.63) is 20.3 Å². The van der Waals surface area contributed by atoms with Crippen molar-refractivity contribution < 1.29 is 8.78 Å². The minimum atomic E-state index is -2.49. The third-order valence-corrected chi connectivity index (χ3v) is 3.71. The van der Waals surface area contributed by atoms with Gasteiger partial charge in [0.2, 0.25) is 0 Å². The third kappa shape index (κ3) is 3.16. The van der Waals surface area contributed by atoms with Crippen LogP contribution >= 0.6 is 39.7 Å². The van der Waals surface area contributed by atoms with Gasteiger partial charge in [0.05, 0.1) is 3.79 Å². The standard InChI is InChI=1S/C7H8BrF2NS.ClH/c1-3-2-4(12-6(3)8)5(11)7(9)10;/h2,5,7H,11H2,1H3;1H/t5-;/m0./s1. The zero-order valence-electron chi connectivity index (χ0n) is 6.76. The highest BCUT2D eigenvalue weighted by Gasteiger charge is 2.19. The van der Waals surface area contributed by atoms with Crippen molar-refractivity contribution >= 4 is 39.7 Å². The number of hydrogen-bond donors (Lipinski definition) is 1. The maximum Gasteiger partial charge on any atom is 0.258 e. The predicted octanol–water partition coefficient (Wildman–Crippen LogP) is 3.51. The van der Waals surface area contributed by atoms with Gasteiger partial charge in [0.1, 0.15) is 6.04 Å². The fraction of sp³-hybridized carbons (Fsp3) is 0.429. The van der Waals surface area contributed by atoms with Gasteiger partial charge < -0.3 is 5.73 Å². The first-order valence-electron chi connectivity index (χ1n) is 3.32. The molecule has 0 saturated heterocycles. The summed E-state index contributed by atoms with van der Waals surface area (Å²) in [5.74, 6) is 0. The number of nitrogens with two attached hydrogens (primary N) is 1. The smallest absolute Gasteiger partial charge is 0.258 e. The van der Waals surface area contributed by atoms with Crippen molar-refractivity contribution in [3.8, 4) is 0 Å². The highest BCUT2D eigenvalue weighted by Crippen LogP contribution is 2.32.